The molecule has 5 rings (SSSR count). The number of rotatable bonds is 11. The number of thioether (sulfide) groups is 1. The summed E-state index contributed by atoms with van der Waals surface area (Å²) in [5.41, 5.74) is 4.94. The van der Waals surface area contributed by atoms with Crippen LogP contribution in [0.25, 0.3) is 5.69 Å². The van der Waals surface area contributed by atoms with Gasteiger partial charge in [-0.05, 0) is 87.1 Å². The van der Waals surface area contributed by atoms with Gasteiger partial charge in [-0.1, -0.05) is 23.9 Å². The van der Waals surface area contributed by atoms with Gasteiger partial charge in [0, 0.05) is 10.4 Å². The summed E-state index contributed by atoms with van der Waals surface area (Å²) in [5.74, 6) is 0.314. The molecule has 0 saturated heterocycles. The molecule has 0 unspecified atom stereocenters. The third-order valence-corrected chi connectivity index (χ3v) is 9.40. The monoisotopic (exact) mass is 619 g/mol. The minimum Gasteiger partial charge on any atom is -0.497 e. The van der Waals surface area contributed by atoms with Crippen LogP contribution in [0.3, 0.4) is 0 Å². The molecule has 2 aromatic carbocycles. The number of carbonyl (C=O) groups excluding carboxylic acids is 3. The van der Waals surface area contributed by atoms with Crippen LogP contribution in [0.15, 0.2) is 47.6 Å². The second-order valence-corrected chi connectivity index (χ2v) is 12.0. The van der Waals surface area contributed by atoms with Gasteiger partial charge in [-0.3, -0.25) is 14.2 Å². The van der Waals surface area contributed by atoms with Crippen molar-refractivity contribution in [3.8, 4) is 11.4 Å². The van der Waals surface area contributed by atoms with Crippen molar-refractivity contribution in [1.82, 2.24) is 20.1 Å². The molecule has 2 N–H and O–H groups in total. The Hall–Kier alpha value is -4.16. The van der Waals surface area contributed by atoms with E-state index < -0.39 is 5.97 Å². The zero-order valence-corrected chi connectivity index (χ0v) is 26.1. The van der Waals surface area contributed by atoms with Crippen molar-refractivity contribution in [2.75, 3.05) is 24.8 Å². The molecule has 12 heteroatoms. The lowest BCUT2D eigenvalue weighted by molar-refractivity contribution is -0.113. The summed E-state index contributed by atoms with van der Waals surface area (Å²) in [6.07, 6.45) is 2.70. The van der Waals surface area contributed by atoms with E-state index in [1.165, 1.54) is 23.1 Å². The number of anilines is 1. The van der Waals surface area contributed by atoms with Gasteiger partial charge in [0.15, 0.2) is 11.0 Å². The average molecular weight is 620 g/mol. The molecule has 0 spiro atoms. The topological polar surface area (TPSA) is 124 Å². The van der Waals surface area contributed by atoms with E-state index in [1.807, 2.05) is 36.6 Å². The van der Waals surface area contributed by atoms with Gasteiger partial charge in [0.25, 0.3) is 5.91 Å². The molecule has 0 radical (unpaired) electrons. The average Bonchev–Trinajstić information content (AvgIpc) is 3.71. The molecule has 0 saturated carbocycles. The minimum absolute atomic E-state index is 0.0477. The predicted molar refractivity (Wildman–Crippen MR) is 167 cm³/mol. The highest BCUT2D eigenvalue weighted by Crippen LogP contribution is 2.39. The number of thiophene rings is 1. The number of carbonyl (C=O) groups is 3. The summed E-state index contributed by atoms with van der Waals surface area (Å²) in [6.45, 7) is 6.20. The first kappa shape index (κ1) is 30.3. The van der Waals surface area contributed by atoms with Crippen LogP contribution < -0.4 is 15.4 Å². The number of fused-ring (bicyclic) bond motifs is 1. The van der Waals surface area contributed by atoms with Gasteiger partial charge >= 0.3 is 5.97 Å². The van der Waals surface area contributed by atoms with E-state index >= 15 is 0 Å². The Morgan fingerprint density at radius 3 is 2.60 bits per heavy atom. The fourth-order valence-electron chi connectivity index (χ4n) is 4.94. The second kappa shape index (κ2) is 13.4. The first-order valence-corrected chi connectivity index (χ1v) is 15.8. The smallest absolute Gasteiger partial charge is 0.341 e. The summed E-state index contributed by atoms with van der Waals surface area (Å²) < 4.78 is 12.3. The molecule has 0 fully saturated rings. The summed E-state index contributed by atoms with van der Waals surface area (Å²) in [4.78, 5) is 39.8. The maximum Gasteiger partial charge on any atom is 0.341 e. The van der Waals surface area contributed by atoms with Gasteiger partial charge in [0.1, 0.15) is 10.8 Å². The van der Waals surface area contributed by atoms with Gasteiger partial charge in [-0.15, -0.1) is 21.5 Å². The number of aromatic nitrogens is 3. The largest absolute Gasteiger partial charge is 0.497 e. The Kier molecular flexibility index (Phi) is 9.46. The molecule has 2 aromatic heterocycles. The minimum atomic E-state index is -0.402. The number of hydrogen-bond acceptors (Lipinski definition) is 9. The van der Waals surface area contributed by atoms with Crippen LogP contribution >= 0.6 is 23.1 Å². The van der Waals surface area contributed by atoms with Crippen LogP contribution in [-0.4, -0.2) is 52.0 Å². The van der Waals surface area contributed by atoms with Crippen molar-refractivity contribution in [3.63, 3.8) is 0 Å². The number of esters is 1. The van der Waals surface area contributed by atoms with Crippen molar-refractivity contribution in [2.24, 2.45) is 0 Å². The van der Waals surface area contributed by atoms with Crippen molar-refractivity contribution in [1.29, 1.82) is 0 Å². The highest BCUT2D eigenvalue weighted by atomic mass is 32.2. The fourth-order valence-corrected chi connectivity index (χ4v) is 6.99. The zero-order valence-electron chi connectivity index (χ0n) is 24.5. The normalized spacial score (nSPS) is 12.1. The van der Waals surface area contributed by atoms with Crippen LogP contribution in [0.4, 0.5) is 5.00 Å². The predicted octanol–water partition coefficient (Wildman–Crippen LogP) is 5.28. The first-order chi connectivity index (χ1) is 20.8. The van der Waals surface area contributed by atoms with Crippen LogP contribution in [-0.2, 0) is 28.9 Å². The number of aryl methyl sites for hydroxylation is 2. The Labute approximate surface area is 258 Å². The molecule has 10 nitrogen and oxygen atoms in total. The number of hydrogen-bond donors (Lipinski definition) is 2. The third-order valence-electron chi connectivity index (χ3n) is 7.26. The van der Waals surface area contributed by atoms with E-state index in [9.17, 15) is 14.4 Å². The Balaban J connectivity index is 1.34. The molecule has 1 aliphatic carbocycles. The lowest BCUT2D eigenvalue weighted by atomic mass is 10.1. The molecule has 0 aliphatic heterocycles. The van der Waals surface area contributed by atoms with E-state index in [2.05, 4.69) is 20.8 Å². The lowest BCUT2D eigenvalue weighted by Crippen LogP contribution is -2.24. The SMILES string of the molecule is CCOC(=O)c1c(NC(=O)CSc2nnc(CNC(=O)c3ccc(OC)cc3)n2-c2cccc(C)c2C)sc2c1CCC2. The fraction of sp³-hybridized carbons (Fsp3) is 0.323. The van der Waals surface area contributed by atoms with Gasteiger partial charge < -0.3 is 20.1 Å². The number of benzene rings is 2. The summed E-state index contributed by atoms with van der Waals surface area (Å²) in [7, 11) is 1.57. The highest BCUT2D eigenvalue weighted by Gasteiger charge is 2.28. The van der Waals surface area contributed by atoms with Crippen LogP contribution in [0.2, 0.25) is 0 Å². The lowest BCUT2D eigenvalue weighted by Gasteiger charge is -2.15. The number of nitrogens with one attached hydrogen (secondary N) is 2. The molecule has 43 heavy (non-hydrogen) atoms. The van der Waals surface area contributed by atoms with E-state index in [0.29, 0.717) is 32.9 Å². The second-order valence-electron chi connectivity index (χ2n) is 9.98. The van der Waals surface area contributed by atoms with E-state index in [1.54, 1.807) is 38.3 Å². The zero-order chi connectivity index (χ0) is 30.5. The summed E-state index contributed by atoms with van der Waals surface area (Å²) >= 11 is 2.68. The molecule has 2 heterocycles. The van der Waals surface area contributed by atoms with Crippen LogP contribution in [0.5, 0.6) is 5.75 Å². The van der Waals surface area contributed by atoms with E-state index in [0.717, 1.165) is 46.5 Å². The first-order valence-electron chi connectivity index (χ1n) is 14.0. The summed E-state index contributed by atoms with van der Waals surface area (Å²) in [5, 5.41) is 15.7. The maximum atomic E-state index is 13.1. The van der Waals surface area contributed by atoms with Crippen molar-refractivity contribution in [2.45, 2.75) is 51.7 Å². The Bertz CT molecular complexity index is 1660. The molecule has 0 bridgehead atoms. The van der Waals surface area contributed by atoms with Crippen molar-refractivity contribution < 1.29 is 23.9 Å². The highest BCUT2D eigenvalue weighted by molar-refractivity contribution is 7.99. The molecule has 2 amide bonds. The standard InChI is InChI=1S/C31H33N5O5S2/c1-5-41-30(39)27-22-9-7-11-24(22)43-29(27)33-26(37)17-42-31-35-34-25(36(31)23-10-6-8-18(2)19(23)3)16-32-28(38)20-12-14-21(40-4)15-13-20/h6,8,10,12-15H,5,7,9,11,16-17H2,1-4H3,(H,32,38)(H,33,37). The van der Waals surface area contributed by atoms with E-state index in [-0.39, 0.29) is 30.7 Å². The molecule has 224 valence electrons. The quantitative estimate of drug-likeness (QED) is 0.172. The molecule has 4 aromatic rings. The van der Waals surface area contributed by atoms with Gasteiger partial charge in [0.05, 0.1) is 37.3 Å². The molecular formula is C31H33N5O5S2. The van der Waals surface area contributed by atoms with E-state index in [4.69, 9.17) is 9.47 Å². The van der Waals surface area contributed by atoms with Gasteiger partial charge in [0.2, 0.25) is 5.91 Å². The van der Waals surface area contributed by atoms with Crippen LogP contribution in [0.1, 0.15) is 61.5 Å². The third kappa shape index (κ3) is 6.60. The van der Waals surface area contributed by atoms with Gasteiger partial charge in [-0.2, -0.15) is 0 Å². The maximum absolute atomic E-state index is 13.1. The Morgan fingerprint density at radius 2 is 1.86 bits per heavy atom. The summed E-state index contributed by atoms with van der Waals surface area (Å²) in [6, 6.07) is 12.8. The molecule has 1 aliphatic rings. The molecule has 0 atom stereocenters. The number of amides is 2. The Morgan fingerprint density at radius 1 is 1.07 bits per heavy atom. The number of methoxy groups -OCH3 is 1. The number of ether oxygens (including phenoxy) is 2. The van der Waals surface area contributed by atoms with Crippen molar-refractivity contribution >= 4 is 45.9 Å². The molecular weight excluding hydrogens is 587 g/mol. The van der Waals surface area contributed by atoms with Gasteiger partial charge in [-0.25, -0.2) is 4.79 Å². The van der Waals surface area contributed by atoms with Crippen LogP contribution in [0, 0.1) is 13.8 Å². The van der Waals surface area contributed by atoms with Crippen molar-refractivity contribution in [3.05, 3.63) is 81.0 Å². The number of nitrogens with zero attached hydrogens (tertiary/aromatic N) is 3.